The number of fused-ring (bicyclic) bond motifs is 1. The molecular weight excluding hydrogens is 468 g/mol. The molecule has 6 atom stereocenters. The Morgan fingerprint density at radius 2 is 1.61 bits per heavy atom. The maximum absolute atomic E-state index is 12.5. The van der Waals surface area contributed by atoms with E-state index >= 15 is 0 Å². The number of ether oxygens (including phenoxy) is 7. The van der Waals surface area contributed by atoms with Crippen molar-refractivity contribution in [2.75, 3.05) is 25.1 Å². The summed E-state index contributed by atoms with van der Waals surface area (Å²) in [6.45, 7) is 12.6. The molecule has 1 aromatic carbocycles. The molecule has 36 heavy (non-hydrogen) atoms. The number of rotatable bonds is 7. The molecule has 2 N–H and O–H groups in total. The van der Waals surface area contributed by atoms with E-state index < -0.39 is 23.6 Å². The average molecular weight is 507 g/mol. The second kappa shape index (κ2) is 9.50. The smallest absolute Gasteiger partial charge is 0.224 e. The van der Waals surface area contributed by atoms with Gasteiger partial charge in [-0.3, -0.25) is 4.79 Å². The van der Waals surface area contributed by atoms with Gasteiger partial charge in [-0.05, 0) is 59.2 Å². The van der Waals surface area contributed by atoms with Gasteiger partial charge in [-0.1, -0.05) is 12.1 Å². The monoisotopic (exact) mass is 506 g/mol. The van der Waals surface area contributed by atoms with Gasteiger partial charge in [0.1, 0.15) is 30.5 Å². The van der Waals surface area contributed by atoms with Crippen LogP contribution in [0, 0.1) is 0 Å². The highest BCUT2D eigenvalue weighted by Gasteiger charge is 2.59. The highest BCUT2D eigenvalue weighted by molar-refractivity contribution is 5.78. The van der Waals surface area contributed by atoms with Gasteiger partial charge in [-0.25, -0.2) is 0 Å². The van der Waals surface area contributed by atoms with Crippen LogP contribution in [0.15, 0.2) is 24.3 Å². The Morgan fingerprint density at radius 1 is 0.889 bits per heavy atom. The Labute approximate surface area is 212 Å². The zero-order chi connectivity index (χ0) is 25.7. The third-order valence-electron chi connectivity index (χ3n) is 6.68. The first-order chi connectivity index (χ1) is 16.9. The van der Waals surface area contributed by atoms with Gasteiger partial charge < -0.3 is 43.8 Å². The van der Waals surface area contributed by atoms with Crippen LogP contribution in [-0.4, -0.2) is 79.8 Å². The quantitative estimate of drug-likeness (QED) is 0.576. The van der Waals surface area contributed by atoms with Crippen molar-refractivity contribution in [3.05, 3.63) is 29.8 Å². The van der Waals surface area contributed by atoms with E-state index in [1.54, 1.807) is 0 Å². The van der Waals surface area contributed by atoms with Gasteiger partial charge in [0.05, 0.1) is 19.6 Å². The Balaban J connectivity index is 1.20. The summed E-state index contributed by atoms with van der Waals surface area (Å²) in [5.74, 6) is -2.07. The zero-order valence-electron chi connectivity index (χ0n) is 21.9. The van der Waals surface area contributed by atoms with E-state index in [-0.39, 0.29) is 42.8 Å². The fourth-order valence-corrected chi connectivity index (χ4v) is 5.20. The molecule has 0 bridgehead atoms. The Bertz CT molecular complexity index is 967. The standard InChI is InChI=1S/C26H38N2O8/c1-24(2)30-13-17(33-24)12-27-19(29)11-15-8-7-9-16(10-15)28-23-22-21(35-26(5,6)36-22)20(32-23)18-14-31-25(3,4)34-18/h7-10,17-18,20-23,28H,11-14H2,1-6H3,(H,27,29)/t17?,18?,20?,21-,22-,23?/m0/s1. The first-order valence-corrected chi connectivity index (χ1v) is 12.6. The normalized spacial score (nSPS) is 36.1. The lowest BCUT2D eigenvalue weighted by Gasteiger charge is -2.27. The number of nitrogens with one attached hydrogen (secondary N) is 2. The maximum atomic E-state index is 12.5. The maximum Gasteiger partial charge on any atom is 0.224 e. The lowest BCUT2D eigenvalue weighted by Crippen LogP contribution is -2.40. The van der Waals surface area contributed by atoms with Crippen molar-refractivity contribution < 1.29 is 38.0 Å². The molecular formula is C26H38N2O8. The summed E-state index contributed by atoms with van der Waals surface area (Å²) in [5, 5.41) is 6.37. The molecule has 5 rings (SSSR count). The SMILES string of the molecule is CC1(C)OCC(CNC(=O)Cc2cccc(NC3OC(C4COC(C)(C)O4)[C@@H]4OC(C)(C)O[C@H]34)c2)O1. The first kappa shape index (κ1) is 25.8. The summed E-state index contributed by atoms with van der Waals surface area (Å²) in [7, 11) is 0. The number of benzene rings is 1. The zero-order valence-corrected chi connectivity index (χ0v) is 21.9. The molecule has 200 valence electrons. The van der Waals surface area contributed by atoms with Gasteiger partial charge in [0.15, 0.2) is 23.6 Å². The second-order valence-electron chi connectivity index (χ2n) is 11.2. The lowest BCUT2D eigenvalue weighted by atomic mass is 10.1. The number of carbonyl (C=O) groups excluding carboxylic acids is 1. The van der Waals surface area contributed by atoms with E-state index in [4.69, 9.17) is 33.2 Å². The lowest BCUT2D eigenvalue weighted by molar-refractivity contribution is -0.203. The molecule has 1 amide bonds. The molecule has 10 heteroatoms. The molecule has 1 aromatic rings. The van der Waals surface area contributed by atoms with Crippen LogP contribution in [0.4, 0.5) is 5.69 Å². The molecule has 0 aromatic heterocycles. The fourth-order valence-electron chi connectivity index (χ4n) is 5.20. The predicted octanol–water partition coefficient (Wildman–Crippen LogP) is 2.31. The van der Waals surface area contributed by atoms with Crippen molar-refractivity contribution in [3.63, 3.8) is 0 Å². The molecule has 4 aliphatic rings. The number of amides is 1. The predicted molar refractivity (Wildman–Crippen MR) is 129 cm³/mol. The molecule has 0 radical (unpaired) electrons. The van der Waals surface area contributed by atoms with E-state index in [2.05, 4.69) is 10.6 Å². The van der Waals surface area contributed by atoms with Crippen molar-refractivity contribution >= 4 is 11.6 Å². The summed E-state index contributed by atoms with van der Waals surface area (Å²) < 4.78 is 41.9. The number of hydrogen-bond donors (Lipinski definition) is 2. The summed E-state index contributed by atoms with van der Waals surface area (Å²) in [6.07, 6.45) is -1.54. The van der Waals surface area contributed by atoms with E-state index in [1.807, 2.05) is 65.8 Å². The second-order valence-corrected chi connectivity index (χ2v) is 11.2. The molecule has 4 heterocycles. The van der Waals surface area contributed by atoms with Gasteiger partial charge in [0.25, 0.3) is 0 Å². The third kappa shape index (κ3) is 5.85. The van der Waals surface area contributed by atoms with Crippen LogP contribution in [0.3, 0.4) is 0 Å². The molecule has 4 unspecified atom stereocenters. The van der Waals surface area contributed by atoms with Gasteiger partial charge in [0.2, 0.25) is 5.91 Å². The van der Waals surface area contributed by atoms with Gasteiger partial charge in [-0.2, -0.15) is 0 Å². The Morgan fingerprint density at radius 3 is 2.31 bits per heavy atom. The third-order valence-corrected chi connectivity index (χ3v) is 6.68. The molecule has 0 spiro atoms. The van der Waals surface area contributed by atoms with Crippen LogP contribution in [0.5, 0.6) is 0 Å². The van der Waals surface area contributed by atoms with Crippen LogP contribution in [0.2, 0.25) is 0 Å². The van der Waals surface area contributed by atoms with Crippen molar-refractivity contribution in [2.45, 2.75) is 102 Å². The molecule has 4 aliphatic heterocycles. The van der Waals surface area contributed by atoms with Crippen molar-refractivity contribution in [3.8, 4) is 0 Å². The van der Waals surface area contributed by atoms with Gasteiger partial charge in [-0.15, -0.1) is 0 Å². The summed E-state index contributed by atoms with van der Waals surface area (Å²) in [5.41, 5.74) is 1.71. The van der Waals surface area contributed by atoms with E-state index in [0.717, 1.165) is 11.3 Å². The van der Waals surface area contributed by atoms with Crippen LogP contribution in [0.1, 0.15) is 47.1 Å². The first-order valence-electron chi connectivity index (χ1n) is 12.6. The molecule has 0 aliphatic carbocycles. The molecule has 4 saturated heterocycles. The van der Waals surface area contributed by atoms with Gasteiger partial charge >= 0.3 is 0 Å². The number of hydrogen-bond acceptors (Lipinski definition) is 9. The molecule has 0 saturated carbocycles. The Hall–Kier alpha value is -1.79. The highest BCUT2D eigenvalue weighted by Crippen LogP contribution is 2.42. The highest BCUT2D eigenvalue weighted by atomic mass is 16.8. The number of anilines is 1. The minimum Gasteiger partial charge on any atom is -0.358 e. The summed E-state index contributed by atoms with van der Waals surface area (Å²) in [6, 6.07) is 7.73. The number of carbonyl (C=O) groups is 1. The van der Waals surface area contributed by atoms with E-state index in [0.29, 0.717) is 19.8 Å². The molecule has 10 nitrogen and oxygen atoms in total. The van der Waals surface area contributed by atoms with Crippen LogP contribution in [-0.2, 0) is 44.4 Å². The van der Waals surface area contributed by atoms with Crippen molar-refractivity contribution in [2.24, 2.45) is 0 Å². The van der Waals surface area contributed by atoms with E-state index in [9.17, 15) is 4.79 Å². The minimum atomic E-state index is -0.727. The average Bonchev–Trinajstić information content (AvgIpc) is 3.49. The topological polar surface area (TPSA) is 106 Å². The molecule has 4 fully saturated rings. The summed E-state index contributed by atoms with van der Waals surface area (Å²) >= 11 is 0. The Kier molecular flexibility index (Phi) is 6.82. The van der Waals surface area contributed by atoms with Crippen LogP contribution in [0.25, 0.3) is 0 Å². The van der Waals surface area contributed by atoms with Crippen molar-refractivity contribution in [1.29, 1.82) is 0 Å². The van der Waals surface area contributed by atoms with Crippen LogP contribution >= 0.6 is 0 Å². The summed E-state index contributed by atoms with van der Waals surface area (Å²) in [4.78, 5) is 12.5. The largest absolute Gasteiger partial charge is 0.358 e. The van der Waals surface area contributed by atoms with Gasteiger partial charge in [0, 0.05) is 12.2 Å². The minimum absolute atomic E-state index is 0.0760. The fraction of sp³-hybridized carbons (Fsp3) is 0.731. The van der Waals surface area contributed by atoms with Crippen LogP contribution < -0.4 is 10.6 Å². The van der Waals surface area contributed by atoms with E-state index in [1.165, 1.54) is 0 Å². The van der Waals surface area contributed by atoms with Crippen molar-refractivity contribution in [1.82, 2.24) is 5.32 Å².